The molecule has 6 heteroatoms. The van der Waals surface area contributed by atoms with Crippen molar-refractivity contribution in [1.29, 1.82) is 0 Å². The molecule has 0 radical (unpaired) electrons. The maximum Gasteiger partial charge on any atom is 0.348 e. The van der Waals surface area contributed by atoms with E-state index in [2.05, 4.69) is 0 Å². The van der Waals surface area contributed by atoms with Crippen molar-refractivity contribution in [3.8, 4) is 17.2 Å². The summed E-state index contributed by atoms with van der Waals surface area (Å²) in [6.07, 6.45) is 1.48. The van der Waals surface area contributed by atoms with Crippen molar-refractivity contribution in [3.05, 3.63) is 65.1 Å². The van der Waals surface area contributed by atoms with Crippen LogP contribution in [0.4, 0.5) is 0 Å². The van der Waals surface area contributed by atoms with Crippen molar-refractivity contribution in [3.63, 3.8) is 0 Å². The quantitative estimate of drug-likeness (QED) is 0.751. The van der Waals surface area contributed by atoms with Crippen molar-refractivity contribution in [2.24, 2.45) is 0 Å². The molecule has 1 aliphatic rings. The Morgan fingerprint density at radius 1 is 1.04 bits per heavy atom. The van der Waals surface area contributed by atoms with E-state index in [1.54, 1.807) is 12.1 Å². The lowest BCUT2D eigenvalue weighted by Crippen LogP contribution is -1.99. The normalized spacial score (nSPS) is 15.7. The topological polar surface area (TPSA) is 96.2 Å². The zero-order chi connectivity index (χ0) is 17.3. The molecule has 2 aromatic rings. The standard InChI is InChI=1S/C18H14O6/c1-23-14-9-11(4-7-13(14)20)16-17(21)15(24-18(16)22)8-10-2-5-12(19)6-3-10/h2-9,19-21H,1H3/b15-8-. The van der Waals surface area contributed by atoms with E-state index in [1.165, 1.54) is 43.5 Å². The molecular weight excluding hydrogens is 312 g/mol. The summed E-state index contributed by atoms with van der Waals surface area (Å²) in [4.78, 5) is 12.1. The fourth-order valence-electron chi connectivity index (χ4n) is 2.33. The van der Waals surface area contributed by atoms with Gasteiger partial charge in [0.1, 0.15) is 11.3 Å². The number of cyclic esters (lactones) is 1. The summed E-state index contributed by atoms with van der Waals surface area (Å²) in [7, 11) is 1.39. The van der Waals surface area contributed by atoms with E-state index in [0.717, 1.165) is 0 Å². The minimum atomic E-state index is -0.703. The third-order valence-corrected chi connectivity index (χ3v) is 3.54. The predicted molar refractivity (Wildman–Crippen MR) is 86.4 cm³/mol. The Morgan fingerprint density at radius 2 is 1.75 bits per heavy atom. The number of benzene rings is 2. The Bertz CT molecular complexity index is 862. The minimum absolute atomic E-state index is 0.00716. The Kier molecular flexibility index (Phi) is 3.87. The van der Waals surface area contributed by atoms with E-state index in [0.29, 0.717) is 11.1 Å². The molecule has 0 amide bonds. The van der Waals surface area contributed by atoms with Crippen LogP contribution in [0.5, 0.6) is 17.2 Å². The molecule has 1 aliphatic heterocycles. The third kappa shape index (κ3) is 2.77. The molecule has 2 aromatic carbocycles. The maximum absolute atomic E-state index is 12.1. The number of aliphatic hydroxyl groups is 1. The van der Waals surface area contributed by atoms with Crippen LogP contribution in [0.2, 0.25) is 0 Å². The first kappa shape index (κ1) is 15.5. The maximum atomic E-state index is 12.1. The fraction of sp³-hybridized carbons (Fsp3) is 0.0556. The van der Waals surface area contributed by atoms with Gasteiger partial charge in [0.2, 0.25) is 0 Å². The summed E-state index contributed by atoms with van der Waals surface area (Å²) in [6.45, 7) is 0. The monoisotopic (exact) mass is 326 g/mol. The molecule has 0 spiro atoms. The van der Waals surface area contributed by atoms with Gasteiger partial charge in [-0.25, -0.2) is 4.79 Å². The number of rotatable bonds is 3. The molecule has 0 unspecified atom stereocenters. The van der Waals surface area contributed by atoms with E-state index in [1.807, 2.05) is 0 Å². The molecule has 0 aromatic heterocycles. The number of aromatic hydroxyl groups is 2. The fourth-order valence-corrected chi connectivity index (χ4v) is 2.33. The van der Waals surface area contributed by atoms with Crippen molar-refractivity contribution < 1.29 is 29.6 Å². The van der Waals surface area contributed by atoms with Crippen LogP contribution in [0.1, 0.15) is 11.1 Å². The Morgan fingerprint density at radius 3 is 2.42 bits per heavy atom. The molecule has 3 rings (SSSR count). The highest BCUT2D eigenvalue weighted by Crippen LogP contribution is 2.36. The summed E-state index contributed by atoms with van der Waals surface area (Å²) in [6, 6.07) is 10.5. The molecule has 0 atom stereocenters. The number of carbonyl (C=O) groups excluding carboxylic acids is 1. The van der Waals surface area contributed by atoms with Crippen LogP contribution in [0.25, 0.3) is 11.6 Å². The van der Waals surface area contributed by atoms with Gasteiger partial charge in [-0.2, -0.15) is 0 Å². The van der Waals surface area contributed by atoms with Gasteiger partial charge in [-0.15, -0.1) is 0 Å². The highest BCUT2D eigenvalue weighted by molar-refractivity contribution is 6.21. The average Bonchev–Trinajstić information content (AvgIpc) is 2.84. The van der Waals surface area contributed by atoms with E-state index in [-0.39, 0.29) is 34.3 Å². The molecule has 0 saturated carbocycles. The van der Waals surface area contributed by atoms with E-state index < -0.39 is 5.97 Å². The number of esters is 1. The van der Waals surface area contributed by atoms with Crippen LogP contribution < -0.4 is 4.74 Å². The molecule has 1 heterocycles. The van der Waals surface area contributed by atoms with Crippen molar-refractivity contribution in [2.45, 2.75) is 0 Å². The summed E-state index contributed by atoms with van der Waals surface area (Å²) in [5, 5.41) is 29.2. The van der Waals surface area contributed by atoms with Crippen LogP contribution in [-0.4, -0.2) is 28.4 Å². The smallest absolute Gasteiger partial charge is 0.348 e. The van der Waals surface area contributed by atoms with E-state index >= 15 is 0 Å². The van der Waals surface area contributed by atoms with Gasteiger partial charge in [-0.1, -0.05) is 18.2 Å². The number of hydrogen-bond donors (Lipinski definition) is 3. The van der Waals surface area contributed by atoms with Crippen LogP contribution in [0, 0.1) is 0 Å². The molecule has 24 heavy (non-hydrogen) atoms. The van der Waals surface area contributed by atoms with Crippen LogP contribution in [-0.2, 0) is 9.53 Å². The zero-order valence-corrected chi connectivity index (χ0v) is 12.7. The molecule has 0 saturated heterocycles. The van der Waals surface area contributed by atoms with Gasteiger partial charge in [-0.3, -0.25) is 0 Å². The Labute approximate surface area is 137 Å². The number of ether oxygens (including phenoxy) is 2. The van der Waals surface area contributed by atoms with Crippen LogP contribution in [0.3, 0.4) is 0 Å². The number of methoxy groups -OCH3 is 1. The minimum Gasteiger partial charge on any atom is -0.508 e. The molecule has 0 aliphatic carbocycles. The van der Waals surface area contributed by atoms with Crippen LogP contribution in [0.15, 0.2) is 54.0 Å². The molecule has 6 nitrogen and oxygen atoms in total. The second kappa shape index (κ2) is 6.00. The summed E-state index contributed by atoms with van der Waals surface area (Å²) >= 11 is 0. The van der Waals surface area contributed by atoms with E-state index in [4.69, 9.17) is 9.47 Å². The molecule has 122 valence electrons. The first-order valence-corrected chi connectivity index (χ1v) is 7.03. The second-order valence-corrected chi connectivity index (χ2v) is 5.10. The highest BCUT2D eigenvalue weighted by Gasteiger charge is 2.31. The number of aliphatic hydroxyl groups excluding tert-OH is 1. The van der Waals surface area contributed by atoms with Gasteiger partial charge >= 0.3 is 5.97 Å². The molecule has 3 N–H and O–H groups in total. The lowest BCUT2D eigenvalue weighted by atomic mass is 10.0. The summed E-state index contributed by atoms with van der Waals surface area (Å²) in [5.41, 5.74) is 0.992. The molecule has 0 fully saturated rings. The number of hydrogen-bond acceptors (Lipinski definition) is 6. The van der Waals surface area contributed by atoms with Gasteiger partial charge < -0.3 is 24.8 Å². The van der Waals surface area contributed by atoms with Gasteiger partial charge in [0.05, 0.1) is 7.11 Å². The molecular formula is C18H14O6. The SMILES string of the molecule is COc1cc(C2=C(O)/C(=C/c3ccc(O)cc3)OC2=O)ccc1O. The Hall–Kier alpha value is -3.41. The third-order valence-electron chi connectivity index (χ3n) is 3.54. The lowest BCUT2D eigenvalue weighted by molar-refractivity contribution is -0.131. The van der Waals surface area contributed by atoms with Gasteiger partial charge in [-0.05, 0) is 41.5 Å². The lowest BCUT2D eigenvalue weighted by Gasteiger charge is -2.05. The second-order valence-electron chi connectivity index (χ2n) is 5.10. The van der Waals surface area contributed by atoms with Crippen LogP contribution >= 0.6 is 0 Å². The van der Waals surface area contributed by atoms with Gasteiger partial charge in [0.15, 0.2) is 23.0 Å². The predicted octanol–water partition coefficient (Wildman–Crippen LogP) is 2.97. The van der Waals surface area contributed by atoms with Crippen molar-refractivity contribution >= 4 is 17.6 Å². The van der Waals surface area contributed by atoms with E-state index in [9.17, 15) is 20.1 Å². The highest BCUT2D eigenvalue weighted by atomic mass is 16.6. The van der Waals surface area contributed by atoms with Crippen molar-refractivity contribution in [2.75, 3.05) is 7.11 Å². The van der Waals surface area contributed by atoms with Crippen molar-refractivity contribution in [1.82, 2.24) is 0 Å². The number of phenolic OH excluding ortho intramolecular Hbond substituents is 2. The summed E-state index contributed by atoms with van der Waals surface area (Å²) < 4.78 is 10.1. The largest absolute Gasteiger partial charge is 0.508 e. The van der Waals surface area contributed by atoms with Gasteiger partial charge in [0, 0.05) is 0 Å². The first-order chi connectivity index (χ1) is 11.5. The number of carbonyl (C=O) groups is 1. The first-order valence-electron chi connectivity index (χ1n) is 7.03. The summed E-state index contributed by atoms with van der Waals surface area (Å²) in [5.74, 6) is -0.792. The zero-order valence-electron chi connectivity index (χ0n) is 12.7. The van der Waals surface area contributed by atoms with Gasteiger partial charge in [0.25, 0.3) is 0 Å². The average molecular weight is 326 g/mol. The number of phenols is 2. The molecule has 0 bridgehead atoms. The Balaban J connectivity index is 2.03.